The van der Waals surface area contributed by atoms with Crippen LogP contribution in [0.25, 0.3) is 0 Å². The molecule has 0 amide bonds. The van der Waals surface area contributed by atoms with Crippen molar-refractivity contribution in [1.29, 1.82) is 0 Å². The fraction of sp³-hybridized carbons (Fsp3) is 0.294. The second-order valence-electron chi connectivity index (χ2n) is 5.22. The summed E-state index contributed by atoms with van der Waals surface area (Å²) >= 11 is 3.41. The second kappa shape index (κ2) is 6.08. The predicted octanol–water partition coefficient (Wildman–Crippen LogP) is 3.88. The minimum atomic E-state index is -0.570. The number of aliphatic hydroxyl groups is 1. The van der Waals surface area contributed by atoms with Crippen LogP contribution in [0.3, 0.4) is 0 Å². The van der Waals surface area contributed by atoms with Gasteiger partial charge in [-0.15, -0.1) is 0 Å². The summed E-state index contributed by atoms with van der Waals surface area (Å²) in [7, 11) is 0. The van der Waals surface area contributed by atoms with Gasteiger partial charge in [0, 0.05) is 16.5 Å². The highest BCUT2D eigenvalue weighted by molar-refractivity contribution is 9.10. The smallest absolute Gasteiger partial charge is 0.137 e. The summed E-state index contributed by atoms with van der Waals surface area (Å²) in [6.07, 6.45) is 0.309. The summed E-state index contributed by atoms with van der Waals surface area (Å²) in [5, 5.41) is 9.83. The molecular weight excluding hydrogens is 332 g/mol. The zero-order valence-electron chi connectivity index (χ0n) is 11.8. The predicted molar refractivity (Wildman–Crippen MR) is 84.8 cm³/mol. The number of halogens is 1. The molecule has 1 heterocycles. The van der Waals surface area contributed by atoms with Gasteiger partial charge in [-0.3, -0.25) is 0 Å². The van der Waals surface area contributed by atoms with E-state index in [2.05, 4.69) is 22.0 Å². The molecule has 2 aromatic rings. The summed E-state index contributed by atoms with van der Waals surface area (Å²) in [6.45, 7) is 2.20. The first-order valence-electron chi connectivity index (χ1n) is 6.98. The highest BCUT2D eigenvalue weighted by Gasteiger charge is 2.23. The van der Waals surface area contributed by atoms with E-state index in [4.69, 9.17) is 9.47 Å². The van der Waals surface area contributed by atoms with E-state index in [-0.39, 0.29) is 6.10 Å². The molecule has 1 unspecified atom stereocenters. The SMILES string of the molecule is C[C@@H](O)c1cc(Br)ccc1OCC1Cc2ccccc2O1. The van der Waals surface area contributed by atoms with Crippen LogP contribution in [0, 0.1) is 0 Å². The lowest BCUT2D eigenvalue weighted by atomic mass is 10.1. The normalized spacial score (nSPS) is 18.0. The van der Waals surface area contributed by atoms with Crippen LogP contribution in [0.5, 0.6) is 11.5 Å². The van der Waals surface area contributed by atoms with Gasteiger partial charge in [0.15, 0.2) is 0 Å². The fourth-order valence-corrected chi connectivity index (χ4v) is 2.89. The highest BCUT2D eigenvalue weighted by Crippen LogP contribution is 2.31. The van der Waals surface area contributed by atoms with Gasteiger partial charge in [-0.1, -0.05) is 34.1 Å². The van der Waals surface area contributed by atoms with Crippen molar-refractivity contribution in [2.24, 2.45) is 0 Å². The Balaban J connectivity index is 1.67. The molecule has 1 aliphatic rings. The Hall–Kier alpha value is -1.52. The van der Waals surface area contributed by atoms with Gasteiger partial charge < -0.3 is 14.6 Å². The van der Waals surface area contributed by atoms with Crippen LogP contribution in [0.1, 0.15) is 24.2 Å². The van der Waals surface area contributed by atoms with Gasteiger partial charge in [-0.2, -0.15) is 0 Å². The Morgan fingerprint density at radius 3 is 2.90 bits per heavy atom. The Morgan fingerprint density at radius 2 is 2.14 bits per heavy atom. The third-order valence-corrected chi connectivity index (χ3v) is 4.05. The Bertz CT molecular complexity index is 615. The molecule has 2 atom stereocenters. The molecule has 3 rings (SSSR count). The van der Waals surface area contributed by atoms with Crippen LogP contribution in [-0.2, 0) is 6.42 Å². The fourth-order valence-electron chi connectivity index (χ4n) is 2.51. The Labute approximate surface area is 132 Å². The van der Waals surface area contributed by atoms with Gasteiger partial charge in [0.25, 0.3) is 0 Å². The van der Waals surface area contributed by atoms with Crippen molar-refractivity contribution >= 4 is 15.9 Å². The van der Waals surface area contributed by atoms with Crippen molar-refractivity contribution in [2.45, 2.75) is 25.6 Å². The van der Waals surface area contributed by atoms with Crippen LogP contribution in [0.4, 0.5) is 0 Å². The molecule has 1 N–H and O–H groups in total. The molecule has 2 aromatic carbocycles. The van der Waals surface area contributed by atoms with Crippen LogP contribution >= 0.6 is 15.9 Å². The molecule has 0 spiro atoms. The van der Waals surface area contributed by atoms with E-state index in [1.165, 1.54) is 5.56 Å². The number of fused-ring (bicyclic) bond motifs is 1. The van der Waals surface area contributed by atoms with E-state index in [9.17, 15) is 5.11 Å². The van der Waals surface area contributed by atoms with Crippen molar-refractivity contribution in [3.8, 4) is 11.5 Å². The van der Waals surface area contributed by atoms with E-state index < -0.39 is 6.10 Å². The van der Waals surface area contributed by atoms with Crippen molar-refractivity contribution in [1.82, 2.24) is 0 Å². The molecule has 4 heteroatoms. The van der Waals surface area contributed by atoms with E-state index in [0.29, 0.717) is 12.4 Å². The monoisotopic (exact) mass is 348 g/mol. The number of para-hydroxylation sites is 1. The van der Waals surface area contributed by atoms with Crippen molar-refractivity contribution in [3.05, 3.63) is 58.1 Å². The zero-order chi connectivity index (χ0) is 14.8. The van der Waals surface area contributed by atoms with Crippen molar-refractivity contribution in [3.63, 3.8) is 0 Å². The number of ether oxygens (including phenoxy) is 2. The maximum atomic E-state index is 9.83. The average molecular weight is 349 g/mol. The van der Waals surface area contributed by atoms with E-state index >= 15 is 0 Å². The number of hydrogen-bond donors (Lipinski definition) is 1. The molecule has 0 aromatic heterocycles. The van der Waals surface area contributed by atoms with Gasteiger partial charge in [-0.05, 0) is 36.8 Å². The maximum Gasteiger partial charge on any atom is 0.137 e. The van der Waals surface area contributed by atoms with Crippen molar-refractivity contribution < 1.29 is 14.6 Å². The molecule has 1 aliphatic heterocycles. The van der Waals surface area contributed by atoms with Gasteiger partial charge >= 0.3 is 0 Å². The first kappa shape index (κ1) is 14.4. The lowest BCUT2D eigenvalue weighted by Crippen LogP contribution is -2.22. The molecule has 3 nitrogen and oxygen atoms in total. The topological polar surface area (TPSA) is 38.7 Å². The molecule has 21 heavy (non-hydrogen) atoms. The number of rotatable bonds is 4. The summed E-state index contributed by atoms with van der Waals surface area (Å²) in [5.74, 6) is 1.64. The molecule has 0 aliphatic carbocycles. The molecule has 0 bridgehead atoms. The standard InChI is InChI=1S/C17H17BrO3/c1-11(19)15-9-13(18)6-7-17(15)20-10-14-8-12-4-2-3-5-16(12)21-14/h2-7,9,11,14,19H,8,10H2,1H3/t11-,14?/m1/s1. The summed E-state index contributed by atoms with van der Waals surface area (Å²) in [4.78, 5) is 0. The Morgan fingerprint density at radius 1 is 1.33 bits per heavy atom. The third-order valence-electron chi connectivity index (χ3n) is 3.56. The molecule has 0 radical (unpaired) electrons. The van der Waals surface area contributed by atoms with Gasteiger partial charge in [0.05, 0.1) is 6.10 Å². The molecule has 110 valence electrons. The minimum Gasteiger partial charge on any atom is -0.489 e. The molecular formula is C17H17BrO3. The summed E-state index contributed by atoms with van der Waals surface area (Å²) in [6, 6.07) is 13.7. The van der Waals surface area contributed by atoms with Gasteiger partial charge in [0.1, 0.15) is 24.2 Å². The first-order chi connectivity index (χ1) is 10.1. The van der Waals surface area contributed by atoms with Crippen LogP contribution < -0.4 is 9.47 Å². The number of aliphatic hydroxyl groups excluding tert-OH is 1. The highest BCUT2D eigenvalue weighted by atomic mass is 79.9. The minimum absolute atomic E-state index is 0.0212. The molecule has 0 saturated heterocycles. The maximum absolute atomic E-state index is 9.83. The van der Waals surface area contributed by atoms with E-state index in [1.54, 1.807) is 6.92 Å². The van der Waals surface area contributed by atoms with Gasteiger partial charge in [-0.25, -0.2) is 0 Å². The quantitative estimate of drug-likeness (QED) is 0.910. The average Bonchev–Trinajstić information content (AvgIpc) is 2.88. The lowest BCUT2D eigenvalue weighted by molar-refractivity contribution is 0.141. The lowest BCUT2D eigenvalue weighted by Gasteiger charge is -2.16. The van der Waals surface area contributed by atoms with E-state index in [1.807, 2.05) is 36.4 Å². The largest absolute Gasteiger partial charge is 0.489 e. The van der Waals surface area contributed by atoms with E-state index in [0.717, 1.165) is 22.2 Å². The Kier molecular flexibility index (Phi) is 4.17. The number of hydrogen-bond acceptors (Lipinski definition) is 3. The van der Waals surface area contributed by atoms with Gasteiger partial charge in [0.2, 0.25) is 0 Å². The van der Waals surface area contributed by atoms with Crippen LogP contribution in [0.2, 0.25) is 0 Å². The second-order valence-corrected chi connectivity index (χ2v) is 6.14. The van der Waals surface area contributed by atoms with Crippen LogP contribution in [0.15, 0.2) is 46.9 Å². The zero-order valence-corrected chi connectivity index (χ0v) is 13.3. The summed E-state index contributed by atoms with van der Waals surface area (Å²) in [5.41, 5.74) is 2.00. The number of benzene rings is 2. The molecule has 0 fully saturated rings. The third kappa shape index (κ3) is 3.22. The van der Waals surface area contributed by atoms with Crippen molar-refractivity contribution in [2.75, 3.05) is 6.61 Å². The summed E-state index contributed by atoms with van der Waals surface area (Å²) < 4.78 is 12.6. The molecule has 0 saturated carbocycles. The van der Waals surface area contributed by atoms with Crippen LogP contribution in [-0.4, -0.2) is 17.8 Å². The first-order valence-corrected chi connectivity index (χ1v) is 7.77.